The van der Waals surface area contributed by atoms with Crippen LogP contribution in [0, 0.1) is 5.41 Å². The number of nitrogens with zero attached hydrogens (tertiary/aromatic N) is 1. The molecular formula is C23H27NO3. The quantitative estimate of drug-likeness (QED) is 0.814. The zero-order valence-electron chi connectivity index (χ0n) is 15.9. The first-order valence-corrected chi connectivity index (χ1v) is 9.78. The Hall–Kier alpha value is -2.33. The summed E-state index contributed by atoms with van der Waals surface area (Å²) < 4.78 is 11.6. The van der Waals surface area contributed by atoms with Gasteiger partial charge in [0, 0.05) is 26.7 Å². The molecule has 4 rings (SSSR count). The third-order valence-corrected chi connectivity index (χ3v) is 5.83. The van der Waals surface area contributed by atoms with Crippen molar-refractivity contribution in [2.75, 3.05) is 26.8 Å². The highest BCUT2D eigenvalue weighted by Crippen LogP contribution is 2.37. The number of fused-ring (bicyclic) bond motifs is 1. The zero-order valence-corrected chi connectivity index (χ0v) is 15.9. The molecule has 4 heteroatoms. The summed E-state index contributed by atoms with van der Waals surface area (Å²) in [6, 6.07) is 18.5. The molecular weight excluding hydrogens is 338 g/mol. The van der Waals surface area contributed by atoms with Gasteiger partial charge in [-0.25, -0.2) is 0 Å². The first-order chi connectivity index (χ1) is 13.2. The minimum atomic E-state index is -0.375. The molecule has 2 heterocycles. The van der Waals surface area contributed by atoms with Crippen LogP contribution >= 0.6 is 0 Å². The van der Waals surface area contributed by atoms with Crippen LogP contribution in [0.5, 0.6) is 5.75 Å². The molecule has 0 unspecified atom stereocenters. The van der Waals surface area contributed by atoms with Crippen molar-refractivity contribution in [3.63, 3.8) is 0 Å². The molecule has 0 radical (unpaired) electrons. The second-order valence-electron chi connectivity index (χ2n) is 7.79. The van der Waals surface area contributed by atoms with E-state index in [0.717, 1.165) is 31.4 Å². The fraction of sp³-hybridized carbons (Fsp3) is 0.435. The van der Waals surface area contributed by atoms with E-state index in [9.17, 15) is 4.79 Å². The molecule has 1 atom stereocenters. The molecule has 1 saturated heterocycles. The van der Waals surface area contributed by atoms with E-state index in [1.165, 1.54) is 11.1 Å². The number of benzene rings is 2. The Balaban J connectivity index is 1.46. The summed E-state index contributed by atoms with van der Waals surface area (Å²) in [5.74, 6) is 1.17. The minimum Gasteiger partial charge on any atom is -0.488 e. The number of likely N-dealkylation sites (N-methyl/N-ethyl adjacent to an activating group) is 1. The fourth-order valence-corrected chi connectivity index (χ4v) is 4.36. The molecule has 1 fully saturated rings. The average Bonchev–Trinajstić information content (AvgIpc) is 3.11. The lowest BCUT2D eigenvalue weighted by Gasteiger charge is -2.39. The van der Waals surface area contributed by atoms with Gasteiger partial charge in [-0.05, 0) is 36.5 Å². The molecule has 0 bridgehead atoms. The highest BCUT2D eigenvalue weighted by atomic mass is 16.5. The van der Waals surface area contributed by atoms with Crippen molar-refractivity contribution in [1.82, 2.24) is 4.90 Å². The van der Waals surface area contributed by atoms with E-state index in [1.54, 1.807) is 0 Å². The van der Waals surface area contributed by atoms with Gasteiger partial charge in [-0.1, -0.05) is 48.5 Å². The maximum absolute atomic E-state index is 13.5. The molecule has 142 valence electrons. The molecule has 2 aliphatic rings. The topological polar surface area (TPSA) is 38.8 Å². The first-order valence-electron chi connectivity index (χ1n) is 9.78. The van der Waals surface area contributed by atoms with Crippen LogP contribution in [0.1, 0.15) is 24.0 Å². The van der Waals surface area contributed by atoms with Crippen molar-refractivity contribution in [3.8, 4) is 5.75 Å². The van der Waals surface area contributed by atoms with Gasteiger partial charge in [0.2, 0.25) is 5.91 Å². The van der Waals surface area contributed by atoms with Gasteiger partial charge < -0.3 is 14.4 Å². The van der Waals surface area contributed by atoms with E-state index in [-0.39, 0.29) is 17.4 Å². The Morgan fingerprint density at radius 2 is 1.78 bits per heavy atom. The summed E-state index contributed by atoms with van der Waals surface area (Å²) in [6.45, 7) is 1.92. The molecule has 2 aromatic rings. The number of rotatable bonds is 5. The fourth-order valence-electron chi connectivity index (χ4n) is 4.36. The summed E-state index contributed by atoms with van der Waals surface area (Å²) in [4.78, 5) is 15.4. The van der Waals surface area contributed by atoms with Gasteiger partial charge in [0.15, 0.2) is 0 Å². The Kier molecular flexibility index (Phi) is 5.17. The first kappa shape index (κ1) is 18.1. The highest BCUT2D eigenvalue weighted by Gasteiger charge is 2.42. The maximum atomic E-state index is 13.5. The molecule has 0 spiro atoms. The molecule has 0 N–H and O–H groups in total. The molecule has 0 aliphatic carbocycles. The van der Waals surface area contributed by atoms with E-state index in [4.69, 9.17) is 9.47 Å². The Bertz CT molecular complexity index is 758. The van der Waals surface area contributed by atoms with Gasteiger partial charge in [-0.3, -0.25) is 4.79 Å². The van der Waals surface area contributed by atoms with Crippen molar-refractivity contribution >= 4 is 5.91 Å². The third-order valence-electron chi connectivity index (χ3n) is 5.83. The van der Waals surface area contributed by atoms with Crippen LogP contribution in [0.15, 0.2) is 54.6 Å². The summed E-state index contributed by atoms with van der Waals surface area (Å²) in [7, 11) is 1.91. The second-order valence-corrected chi connectivity index (χ2v) is 7.79. The second kappa shape index (κ2) is 7.73. The maximum Gasteiger partial charge on any atom is 0.229 e. The van der Waals surface area contributed by atoms with Crippen LogP contribution in [-0.4, -0.2) is 43.7 Å². The van der Waals surface area contributed by atoms with E-state index in [1.807, 2.05) is 48.3 Å². The molecule has 2 aliphatic heterocycles. The lowest BCUT2D eigenvalue weighted by atomic mass is 9.74. The number of hydrogen-bond acceptors (Lipinski definition) is 3. The summed E-state index contributed by atoms with van der Waals surface area (Å²) in [5.41, 5.74) is 2.07. The summed E-state index contributed by atoms with van der Waals surface area (Å²) in [5, 5.41) is 0. The minimum absolute atomic E-state index is 0.0324. The largest absolute Gasteiger partial charge is 0.488 e. The van der Waals surface area contributed by atoms with Crippen molar-refractivity contribution in [2.45, 2.75) is 31.8 Å². The Labute approximate surface area is 161 Å². The standard InChI is InChI=1S/C23H27NO3/c1-24(17-20-15-19-9-5-6-10-21(19)27-20)22(25)23(11-13-26-14-12-23)16-18-7-3-2-4-8-18/h2-10,20H,11-17H2,1H3/t20-/m1/s1. The molecule has 1 amide bonds. The van der Waals surface area contributed by atoms with E-state index in [2.05, 4.69) is 18.2 Å². The normalized spacial score (nSPS) is 20.6. The van der Waals surface area contributed by atoms with E-state index >= 15 is 0 Å². The monoisotopic (exact) mass is 365 g/mol. The van der Waals surface area contributed by atoms with Crippen molar-refractivity contribution in [1.29, 1.82) is 0 Å². The lowest BCUT2D eigenvalue weighted by molar-refractivity contribution is -0.147. The van der Waals surface area contributed by atoms with Crippen LogP contribution in [0.4, 0.5) is 0 Å². The van der Waals surface area contributed by atoms with Gasteiger partial charge in [-0.15, -0.1) is 0 Å². The van der Waals surface area contributed by atoms with Crippen LogP contribution in [0.25, 0.3) is 0 Å². The predicted octanol–water partition coefficient (Wildman–Crippen LogP) is 3.49. The number of carbonyl (C=O) groups excluding carboxylic acids is 1. The Morgan fingerprint density at radius 3 is 2.52 bits per heavy atom. The van der Waals surface area contributed by atoms with Gasteiger partial charge in [0.25, 0.3) is 0 Å². The Morgan fingerprint density at radius 1 is 1.07 bits per heavy atom. The molecule has 0 aromatic heterocycles. The van der Waals surface area contributed by atoms with Gasteiger partial charge >= 0.3 is 0 Å². The number of para-hydroxylation sites is 1. The van der Waals surface area contributed by atoms with Gasteiger partial charge in [-0.2, -0.15) is 0 Å². The zero-order chi connectivity index (χ0) is 18.7. The number of amides is 1. The molecule has 4 nitrogen and oxygen atoms in total. The lowest BCUT2D eigenvalue weighted by Crippen LogP contribution is -2.49. The summed E-state index contributed by atoms with van der Waals surface area (Å²) in [6.07, 6.45) is 3.22. The third kappa shape index (κ3) is 3.86. The van der Waals surface area contributed by atoms with Crippen molar-refractivity contribution in [3.05, 3.63) is 65.7 Å². The molecule has 27 heavy (non-hydrogen) atoms. The van der Waals surface area contributed by atoms with Crippen LogP contribution in [0.2, 0.25) is 0 Å². The number of carbonyl (C=O) groups is 1. The van der Waals surface area contributed by atoms with Crippen molar-refractivity contribution in [2.24, 2.45) is 5.41 Å². The SMILES string of the molecule is CN(C[C@H]1Cc2ccccc2O1)C(=O)C1(Cc2ccccc2)CCOCC1. The highest BCUT2D eigenvalue weighted by molar-refractivity contribution is 5.83. The van der Waals surface area contributed by atoms with E-state index < -0.39 is 0 Å². The molecule has 0 saturated carbocycles. The van der Waals surface area contributed by atoms with Crippen LogP contribution in [0.3, 0.4) is 0 Å². The predicted molar refractivity (Wildman–Crippen MR) is 105 cm³/mol. The van der Waals surface area contributed by atoms with Gasteiger partial charge in [0.05, 0.1) is 12.0 Å². The smallest absolute Gasteiger partial charge is 0.229 e. The average molecular weight is 365 g/mol. The number of hydrogen-bond donors (Lipinski definition) is 0. The van der Waals surface area contributed by atoms with Crippen LogP contribution < -0.4 is 4.74 Å². The van der Waals surface area contributed by atoms with Crippen molar-refractivity contribution < 1.29 is 14.3 Å². The van der Waals surface area contributed by atoms with Crippen LogP contribution in [-0.2, 0) is 22.4 Å². The molecule has 2 aromatic carbocycles. The summed E-state index contributed by atoms with van der Waals surface area (Å²) >= 11 is 0. The van der Waals surface area contributed by atoms with Gasteiger partial charge in [0.1, 0.15) is 11.9 Å². The number of ether oxygens (including phenoxy) is 2. The van der Waals surface area contributed by atoms with E-state index in [0.29, 0.717) is 19.8 Å².